The van der Waals surface area contributed by atoms with Crippen LogP contribution < -0.4 is 10.6 Å². The number of nitrogens with one attached hydrogen (secondary N) is 2. The van der Waals surface area contributed by atoms with E-state index in [1.54, 1.807) is 19.0 Å². The highest BCUT2D eigenvalue weighted by Gasteiger charge is 2.26. The number of hydrogen-bond donors (Lipinski definition) is 2. The molecule has 2 fully saturated rings. The van der Waals surface area contributed by atoms with Gasteiger partial charge in [-0.2, -0.15) is 0 Å². The lowest BCUT2D eigenvalue weighted by molar-refractivity contribution is 0.0827. The summed E-state index contributed by atoms with van der Waals surface area (Å²) in [5.74, 6) is 0.925. The molecule has 1 amide bonds. The average molecular weight is 542 g/mol. The topological polar surface area (TPSA) is 60.0 Å². The summed E-state index contributed by atoms with van der Waals surface area (Å²) >= 11 is 0. The minimum absolute atomic E-state index is 0. The molecule has 31 heavy (non-hydrogen) atoms. The van der Waals surface area contributed by atoms with Gasteiger partial charge < -0.3 is 20.4 Å². The minimum atomic E-state index is 0. The van der Waals surface area contributed by atoms with Crippen LogP contribution in [0.5, 0.6) is 0 Å². The van der Waals surface area contributed by atoms with Crippen LogP contribution in [-0.4, -0.2) is 74.5 Å². The number of aliphatic imine (C=N–C) groups is 1. The van der Waals surface area contributed by atoms with Crippen molar-refractivity contribution in [2.24, 2.45) is 4.99 Å². The fourth-order valence-electron chi connectivity index (χ4n) is 4.69. The summed E-state index contributed by atoms with van der Waals surface area (Å²) in [7, 11) is 5.40. The second-order valence-corrected chi connectivity index (χ2v) is 8.90. The first kappa shape index (κ1) is 25.9. The Morgan fingerprint density at radius 1 is 1.13 bits per heavy atom. The Morgan fingerprint density at radius 2 is 1.84 bits per heavy atom. The zero-order valence-corrected chi connectivity index (χ0v) is 21.7. The molecule has 1 aliphatic carbocycles. The number of carbonyl (C=O) groups excluding carboxylic acids is 1. The number of nitrogens with zero attached hydrogens (tertiary/aromatic N) is 3. The predicted octanol–water partition coefficient (Wildman–Crippen LogP) is 3.51. The molecule has 1 saturated carbocycles. The second-order valence-electron chi connectivity index (χ2n) is 8.90. The molecule has 0 radical (unpaired) electrons. The third kappa shape index (κ3) is 7.93. The molecule has 174 valence electrons. The van der Waals surface area contributed by atoms with Crippen molar-refractivity contribution < 1.29 is 4.79 Å². The van der Waals surface area contributed by atoms with E-state index >= 15 is 0 Å². The number of benzene rings is 1. The highest BCUT2D eigenvalue weighted by Crippen LogP contribution is 2.25. The van der Waals surface area contributed by atoms with E-state index < -0.39 is 0 Å². The van der Waals surface area contributed by atoms with E-state index in [2.05, 4.69) is 26.6 Å². The number of hydrogen-bond acceptors (Lipinski definition) is 3. The van der Waals surface area contributed by atoms with Crippen LogP contribution >= 0.6 is 24.0 Å². The normalized spacial score (nSPS) is 18.9. The van der Waals surface area contributed by atoms with Gasteiger partial charge in [0.15, 0.2) is 5.96 Å². The number of likely N-dealkylation sites (tertiary alicyclic amines) is 1. The monoisotopic (exact) mass is 541 g/mol. The number of guanidine groups is 1. The van der Waals surface area contributed by atoms with E-state index in [0.29, 0.717) is 6.04 Å². The van der Waals surface area contributed by atoms with Gasteiger partial charge in [-0.15, -0.1) is 24.0 Å². The second kappa shape index (κ2) is 13.3. The lowest BCUT2D eigenvalue weighted by Gasteiger charge is -2.39. The third-order valence-corrected chi connectivity index (χ3v) is 6.47. The van der Waals surface area contributed by atoms with Crippen LogP contribution in [0.15, 0.2) is 29.3 Å². The highest BCUT2D eigenvalue weighted by atomic mass is 127. The van der Waals surface area contributed by atoms with Crippen molar-refractivity contribution in [3.05, 3.63) is 35.4 Å². The van der Waals surface area contributed by atoms with Crippen molar-refractivity contribution in [3.63, 3.8) is 0 Å². The van der Waals surface area contributed by atoms with Crippen molar-refractivity contribution in [3.8, 4) is 0 Å². The largest absolute Gasteiger partial charge is 0.356 e. The van der Waals surface area contributed by atoms with Crippen LogP contribution in [0, 0.1) is 0 Å². The summed E-state index contributed by atoms with van der Waals surface area (Å²) in [4.78, 5) is 20.9. The lowest BCUT2D eigenvalue weighted by Crippen LogP contribution is -2.51. The fraction of sp³-hybridized carbons (Fsp3) is 0.667. The maximum atomic E-state index is 12.1. The van der Waals surface area contributed by atoms with E-state index in [1.807, 2.05) is 25.2 Å². The zero-order chi connectivity index (χ0) is 21.3. The van der Waals surface area contributed by atoms with E-state index in [9.17, 15) is 4.79 Å². The Balaban J connectivity index is 0.00000341. The molecule has 1 heterocycles. The quantitative estimate of drug-likeness (QED) is 0.329. The Bertz CT molecular complexity index is 710. The molecule has 0 bridgehead atoms. The predicted molar refractivity (Wildman–Crippen MR) is 140 cm³/mol. The number of halogens is 1. The molecule has 1 aromatic carbocycles. The Kier molecular flexibility index (Phi) is 11.1. The van der Waals surface area contributed by atoms with Crippen molar-refractivity contribution in [2.45, 2.75) is 63.5 Å². The maximum Gasteiger partial charge on any atom is 0.253 e. The Morgan fingerprint density at radius 3 is 2.48 bits per heavy atom. The molecule has 6 nitrogen and oxygen atoms in total. The van der Waals surface area contributed by atoms with E-state index in [-0.39, 0.29) is 29.9 Å². The fourth-order valence-corrected chi connectivity index (χ4v) is 4.69. The standard InChI is InChI=1S/C24H39N5O.HI/c1-25-24(26-15-12-19-8-7-9-20(18-19)23(30)28(2)3)27-21-13-16-29(17-14-21)22-10-5-4-6-11-22;/h7-9,18,21-22H,4-6,10-17H2,1-3H3,(H2,25,26,27);1H. The summed E-state index contributed by atoms with van der Waals surface area (Å²) in [6.07, 6.45) is 10.3. The van der Waals surface area contributed by atoms with Gasteiger partial charge in [-0.25, -0.2) is 0 Å². The molecule has 0 unspecified atom stereocenters. The molecule has 0 spiro atoms. The molecule has 2 N–H and O–H groups in total. The zero-order valence-electron chi connectivity index (χ0n) is 19.4. The molecule has 1 aliphatic heterocycles. The molecule has 3 rings (SSSR count). The van der Waals surface area contributed by atoms with Gasteiger partial charge in [-0.05, 0) is 49.8 Å². The molecular formula is C24H40IN5O. The first-order valence-electron chi connectivity index (χ1n) is 11.6. The van der Waals surface area contributed by atoms with Gasteiger partial charge in [0.05, 0.1) is 0 Å². The number of amides is 1. The molecular weight excluding hydrogens is 501 g/mol. The molecule has 1 saturated heterocycles. The summed E-state index contributed by atoms with van der Waals surface area (Å²) in [5.41, 5.74) is 1.90. The molecule has 0 atom stereocenters. The third-order valence-electron chi connectivity index (χ3n) is 6.47. The van der Waals surface area contributed by atoms with Crippen LogP contribution in [0.3, 0.4) is 0 Å². The summed E-state index contributed by atoms with van der Waals surface area (Å²) in [5, 5.41) is 7.05. The SMILES string of the molecule is CN=C(NCCc1cccc(C(=O)N(C)C)c1)NC1CCN(C2CCCCC2)CC1.I. The van der Waals surface area contributed by atoms with Crippen molar-refractivity contribution in [1.82, 2.24) is 20.4 Å². The van der Waals surface area contributed by atoms with Crippen LogP contribution in [0.1, 0.15) is 60.9 Å². The Hall–Kier alpha value is -1.35. The van der Waals surface area contributed by atoms with E-state index in [4.69, 9.17) is 0 Å². The molecule has 0 aromatic heterocycles. The van der Waals surface area contributed by atoms with Gasteiger partial charge in [0, 0.05) is 58.4 Å². The van der Waals surface area contributed by atoms with Gasteiger partial charge in [0.2, 0.25) is 0 Å². The number of carbonyl (C=O) groups is 1. The molecule has 2 aliphatic rings. The highest BCUT2D eigenvalue weighted by molar-refractivity contribution is 14.0. The average Bonchev–Trinajstić information content (AvgIpc) is 2.79. The van der Waals surface area contributed by atoms with Gasteiger partial charge in [-0.3, -0.25) is 9.79 Å². The summed E-state index contributed by atoms with van der Waals surface area (Å²) < 4.78 is 0. The molecule has 1 aromatic rings. The van der Waals surface area contributed by atoms with Gasteiger partial charge in [0.1, 0.15) is 0 Å². The van der Waals surface area contributed by atoms with Crippen LogP contribution in [0.2, 0.25) is 0 Å². The van der Waals surface area contributed by atoms with E-state index in [1.165, 1.54) is 58.0 Å². The summed E-state index contributed by atoms with van der Waals surface area (Å²) in [6.45, 7) is 3.19. The number of piperidine rings is 1. The van der Waals surface area contributed by atoms with Crippen molar-refractivity contribution in [1.29, 1.82) is 0 Å². The van der Waals surface area contributed by atoms with Crippen LogP contribution in [-0.2, 0) is 6.42 Å². The Labute approximate surface area is 205 Å². The van der Waals surface area contributed by atoms with Gasteiger partial charge >= 0.3 is 0 Å². The number of rotatable bonds is 6. The summed E-state index contributed by atoms with van der Waals surface area (Å²) in [6, 6.07) is 9.22. The van der Waals surface area contributed by atoms with Gasteiger partial charge in [0.25, 0.3) is 5.91 Å². The van der Waals surface area contributed by atoms with Crippen LogP contribution in [0.25, 0.3) is 0 Å². The smallest absolute Gasteiger partial charge is 0.253 e. The van der Waals surface area contributed by atoms with Gasteiger partial charge in [-0.1, -0.05) is 31.4 Å². The molecule has 7 heteroatoms. The minimum Gasteiger partial charge on any atom is -0.356 e. The lowest BCUT2D eigenvalue weighted by atomic mass is 9.92. The van der Waals surface area contributed by atoms with Crippen molar-refractivity contribution in [2.75, 3.05) is 40.8 Å². The first-order chi connectivity index (χ1) is 14.6. The van der Waals surface area contributed by atoms with Crippen LogP contribution in [0.4, 0.5) is 0 Å². The van der Waals surface area contributed by atoms with E-state index in [0.717, 1.165) is 36.1 Å². The first-order valence-corrected chi connectivity index (χ1v) is 11.6. The van der Waals surface area contributed by atoms with Crippen molar-refractivity contribution >= 4 is 35.8 Å². The maximum absolute atomic E-state index is 12.1.